The van der Waals surface area contributed by atoms with Crippen LogP contribution < -0.4 is 5.32 Å². The average Bonchev–Trinajstić information content (AvgIpc) is 2.74. The lowest BCUT2D eigenvalue weighted by Crippen LogP contribution is -2.35. The van der Waals surface area contributed by atoms with E-state index in [1.165, 1.54) is 11.0 Å². The molecule has 1 N–H and O–H groups in total. The number of rotatable bonds is 7. The van der Waals surface area contributed by atoms with Crippen LogP contribution in [0.4, 0.5) is 0 Å². The quantitative estimate of drug-likeness (QED) is 0.778. The number of carbonyl (C=O) groups excluding carboxylic acids is 2. The van der Waals surface area contributed by atoms with Gasteiger partial charge >= 0.3 is 0 Å². The predicted octanol–water partition coefficient (Wildman–Crippen LogP) is 1.86. The smallest absolute Gasteiger partial charge is 0.244 e. The lowest BCUT2D eigenvalue weighted by atomic mass is 10.2. The van der Waals surface area contributed by atoms with Crippen LogP contribution in [-0.4, -0.2) is 47.1 Å². The van der Waals surface area contributed by atoms with Crippen LogP contribution in [0, 0.1) is 6.92 Å². The maximum absolute atomic E-state index is 11.7. The van der Waals surface area contributed by atoms with Crippen LogP contribution in [-0.2, 0) is 16.1 Å². The summed E-state index contributed by atoms with van der Waals surface area (Å²) in [6.45, 7) is 4.68. The number of aromatic nitrogens is 2. The molecule has 6 nitrogen and oxygen atoms in total. The Kier molecular flexibility index (Phi) is 7.11. The molecule has 0 spiro atoms. The Morgan fingerprint density at radius 2 is 2.09 bits per heavy atom. The highest BCUT2D eigenvalue weighted by atomic mass is 35.5. The molecule has 1 aromatic rings. The van der Waals surface area contributed by atoms with E-state index in [1.54, 1.807) is 24.9 Å². The summed E-state index contributed by atoms with van der Waals surface area (Å²) < 4.78 is 1.74. The van der Waals surface area contributed by atoms with Crippen LogP contribution in [0.15, 0.2) is 6.08 Å². The molecule has 0 aliphatic heterocycles. The molecule has 1 rings (SSSR count). The third-order valence-corrected chi connectivity index (χ3v) is 3.55. The Labute approximate surface area is 136 Å². The van der Waals surface area contributed by atoms with Gasteiger partial charge in [0.1, 0.15) is 5.15 Å². The van der Waals surface area contributed by atoms with Crippen molar-refractivity contribution in [2.24, 2.45) is 0 Å². The van der Waals surface area contributed by atoms with Crippen molar-refractivity contribution in [2.45, 2.75) is 33.2 Å². The summed E-state index contributed by atoms with van der Waals surface area (Å²) in [4.78, 5) is 24.5. The predicted molar refractivity (Wildman–Crippen MR) is 87.6 cm³/mol. The summed E-state index contributed by atoms with van der Waals surface area (Å²) in [6, 6.07) is 0. The summed E-state index contributed by atoms with van der Waals surface area (Å²) in [7, 11) is 3.27. The van der Waals surface area contributed by atoms with Crippen molar-refractivity contribution in [3.63, 3.8) is 0 Å². The summed E-state index contributed by atoms with van der Waals surface area (Å²) in [6.07, 6.45) is 5.05. The Balaban J connectivity index is 2.67. The van der Waals surface area contributed by atoms with E-state index in [-0.39, 0.29) is 18.4 Å². The number of amides is 2. The molecule has 0 aliphatic carbocycles. The summed E-state index contributed by atoms with van der Waals surface area (Å²) in [5, 5.41) is 7.42. The molecule has 0 bridgehead atoms. The summed E-state index contributed by atoms with van der Waals surface area (Å²) in [5.74, 6) is -0.504. The maximum atomic E-state index is 11.7. The monoisotopic (exact) mass is 326 g/mol. The topological polar surface area (TPSA) is 67.2 Å². The Bertz CT molecular complexity index is 564. The average molecular weight is 327 g/mol. The number of hydrogen-bond acceptors (Lipinski definition) is 3. The van der Waals surface area contributed by atoms with Gasteiger partial charge in [-0.1, -0.05) is 24.9 Å². The molecule has 0 unspecified atom stereocenters. The zero-order chi connectivity index (χ0) is 16.7. The molecule has 0 fully saturated rings. The van der Waals surface area contributed by atoms with E-state index in [9.17, 15) is 9.59 Å². The van der Waals surface area contributed by atoms with Crippen molar-refractivity contribution >= 4 is 29.5 Å². The van der Waals surface area contributed by atoms with Crippen molar-refractivity contribution < 1.29 is 9.59 Å². The minimum atomic E-state index is -0.341. The lowest BCUT2D eigenvalue weighted by molar-refractivity contribution is -0.129. The molecule has 0 aliphatic rings. The van der Waals surface area contributed by atoms with Crippen molar-refractivity contribution in [3.8, 4) is 0 Å². The van der Waals surface area contributed by atoms with Crippen molar-refractivity contribution in [2.75, 3.05) is 20.6 Å². The van der Waals surface area contributed by atoms with E-state index in [2.05, 4.69) is 17.3 Å². The highest BCUT2D eigenvalue weighted by molar-refractivity contribution is 6.31. The largest absolute Gasteiger partial charge is 0.347 e. The van der Waals surface area contributed by atoms with Crippen molar-refractivity contribution in [3.05, 3.63) is 22.5 Å². The second-order valence-corrected chi connectivity index (χ2v) is 5.56. The molecule has 0 atom stereocenters. The third kappa shape index (κ3) is 5.18. The number of unbranched alkanes of at least 4 members (excludes halogenated alkanes) is 1. The van der Waals surface area contributed by atoms with Crippen molar-refractivity contribution in [1.29, 1.82) is 0 Å². The molecule has 1 aromatic heterocycles. The SMILES string of the molecule is CCCCn1nc(C)c(/C=C/C(=O)NCC(=O)N(C)C)c1Cl. The molecular weight excluding hydrogens is 304 g/mol. The van der Waals surface area contributed by atoms with Gasteiger partial charge in [-0.15, -0.1) is 0 Å². The van der Waals surface area contributed by atoms with Gasteiger partial charge in [-0.25, -0.2) is 0 Å². The number of nitrogens with zero attached hydrogens (tertiary/aromatic N) is 3. The molecule has 7 heteroatoms. The first-order valence-corrected chi connectivity index (χ1v) is 7.63. The Hall–Kier alpha value is -1.82. The zero-order valence-corrected chi connectivity index (χ0v) is 14.3. The second-order valence-electron chi connectivity index (χ2n) is 5.21. The fourth-order valence-corrected chi connectivity index (χ4v) is 2.07. The number of hydrogen-bond donors (Lipinski definition) is 1. The first-order valence-electron chi connectivity index (χ1n) is 7.25. The van der Waals surface area contributed by atoms with Gasteiger partial charge < -0.3 is 10.2 Å². The number of likely N-dealkylation sites (N-methyl/N-ethyl adjacent to an activating group) is 1. The van der Waals surface area contributed by atoms with Crippen LogP contribution in [0.2, 0.25) is 5.15 Å². The van der Waals surface area contributed by atoms with Gasteiger partial charge in [0.05, 0.1) is 12.2 Å². The number of carbonyl (C=O) groups is 2. The van der Waals surface area contributed by atoms with Crippen LogP contribution in [0.1, 0.15) is 31.0 Å². The fraction of sp³-hybridized carbons (Fsp3) is 0.533. The Morgan fingerprint density at radius 1 is 1.41 bits per heavy atom. The highest BCUT2D eigenvalue weighted by Crippen LogP contribution is 2.21. The first kappa shape index (κ1) is 18.2. The summed E-state index contributed by atoms with van der Waals surface area (Å²) >= 11 is 6.27. The standard InChI is InChI=1S/C15H23ClN4O2/c1-5-6-9-20-15(16)12(11(2)18-20)7-8-13(21)17-10-14(22)19(3)4/h7-8H,5-6,9-10H2,1-4H3,(H,17,21)/b8-7+. The van der Waals surface area contributed by atoms with Crippen molar-refractivity contribution in [1.82, 2.24) is 20.0 Å². The van der Waals surface area contributed by atoms with E-state index < -0.39 is 0 Å². The van der Waals surface area contributed by atoms with E-state index in [0.717, 1.165) is 30.6 Å². The minimum Gasteiger partial charge on any atom is -0.347 e. The summed E-state index contributed by atoms with van der Waals surface area (Å²) in [5.41, 5.74) is 1.50. The number of nitrogens with one attached hydrogen (secondary N) is 1. The lowest BCUT2D eigenvalue weighted by Gasteiger charge is -2.09. The van der Waals surface area contributed by atoms with Gasteiger partial charge in [-0.2, -0.15) is 5.10 Å². The molecule has 0 aromatic carbocycles. The van der Waals surface area contributed by atoms with E-state index in [4.69, 9.17) is 11.6 Å². The zero-order valence-electron chi connectivity index (χ0n) is 13.5. The number of aryl methyl sites for hydroxylation is 2. The number of halogens is 1. The molecule has 22 heavy (non-hydrogen) atoms. The van der Waals surface area contributed by atoms with Gasteiger partial charge in [0, 0.05) is 32.3 Å². The molecule has 0 saturated heterocycles. The van der Waals surface area contributed by atoms with Crippen LogP contribution in [0.5, 0.6) is 0 Å². The van der Waals surface area contributed by atoms with Gasteiger partial charge in [-0.05, 0) is 19.4 Å². The molecule has 2 amide bonds. The van der Waals surface area contributed by atoms with Gasteiger partial charge in [0.15, 0.2) is 0 Å². The Morgan fingerprint density at radius 3 is 2.68 bits per heavy atom. The molecule has 122 valence electrons. The van der Waals surface area contributed by atoms with Crippen LogP contribution >= 0.6 is 11.6 Å². The second kappa shape index (κ2) is 8.58. The van der Waals surface area contributed by atoms with E-state index in [1.807, 2.05) is 6.92 Å². The van der Waals surface area contributed by atoms with Crippen LogP contribution in [0.25, 0.3) is 6.08 Å². The van der Waals surface area contributed by atoms with Crippen LogP contribution in [0.3, 0.4) is 0 Å². The molecule has 0 saturated carbocycles. The first-order chi connectivity index (χ1) is 10.4. The van der Waals surface area contributed by atoms with E-state index in [0.29, 0.717) is 5.15 Å². The fourth-order valence-electron chi connectivity index (χ4n) is 1.75. The molecule has 1 heterocycles. The van der Waals surface area contributed by atoms with Gasteiger partial charge in [0.2, 0.25) is 11.8 Å². The van der Waals surface area contributed by atoms with Gasteiger partial charge in [-0.3, -0.25) is 14.3 Å². The minimum absolute atomic E-state index is 0.0291. The normalized spacial score (nSPS) is 11.0. The molecule has 0 radical (unpaired) electrons. The third-order valence-electron chi connectivity index (χ3n) is 3.15. The van der Waals surface area contributed by atoms with E-state index >= 15 is 0 Å². The molecular formula is C15H23ClN4O2. The highest BCUT2D eigenvalue weighted by Gasteiger charge is 2.11. The van der Waals surface area contributed by atoms with Gasteiger partial charge in [0.25, 0.3) is 0 Å². The maximum Gasteiger partial charge on any atom is 0.244 e.